The molecular weight excluding hydrogens is 164 g/mol. The highest BCUT2D eigenvalue weighted by Crippen LogP contribution is 2.15. The number of rotatable bonds is 4. The van der Waals surface area contributed by atoms with E-state index in [1.165, 1.54) is 5.54 Å². The molecule has 0 spiro atoms. The van der Waals surface area contributed by atoms with Gasteiger partial charge in [-0.05, 0) is 12.3 Å². The summed E-state index contributed by atoms with van der Waals surface area (Å²) in [4.78, 5) is 10.6. The topological polar surface area (TPSA) is 37.3 Å². The van der Waals surface area contributed by atoms with Crippen molar-refractivity contribution in [2.45, 2.75) is 20.3 Å². The maximum atomic E-state index is 10.6. The Labute approximate surface area is 71.9 Å². The Morgan fingerprint density at radius 2 is 2.18 bits per heavy atom. The number of carbonyl (C=O) groups is 1. The van der Waals surface area contributed by atoms with Gasteiger partial charge in [-0.3, -0.25) is 4.79 Å². The highest BCUT2D eigenvalue weighted by atomic mass is 35.5. The van der Waals surface area contributed by atoms with E-state index < -0.39 is 5.97 Å². The number of allylic oxidation sites excluding steroid dienone is 1. The largest absolute Gasteiger partial charge is 0.481 e. The number of hydrogen-bond donors (Lipinski definition) is 1. The Kier molecular flexibility index (Phi) is 4.95. The van der Waals surface area contributed by atoms with E-state index in [0.717, 1.165) is 0 Å². The molecule has 0 heterocycles. The van der Waals surface area contributed by atoms with Crippen molar-refractivity contribution in [1.29, 1.82) is 0 Å². The molecule has 0 aliphatic carbocycles. The zero-order valence-corrected chi connectivity index (χ0v) is 7.51. The molecule has 0 aliphatic rings. The van der Waals surface area contributed by atoms with Gasteiger partial charge in [-0.15, -0.1) is 0 Å². The van der Waals surface area contributed by atoms with Crippen LogP contribution < -0.4 is 0 Å². The zero-order chi connectivity index (χ0) is 8.85. The molecule has 0 saturated heterocycles. The third-order valence-corrected chi connectivity index (χ3v) is 1.78. The molecule has 11 heavy (non-hydrogen) atoms. The van der Waals surface area contributed by atoms with Crippen LogP contribution in [0.15, 0.2) is 11.6 Å². The Bertz CT molecular complexity index is 152. The maximum Gasteiger partial charge on any atom is 0.307 e. The second-order valence-electron chi connectivity index (χ2n) is 2.79. The number of carboxylic acids is 1. The van der Waals surface area contributed by atoms with Gasteiger partial charge in [0.15, 0.2) is 0 Å². The predicted molar refractivity (Wildman–Crippen MR) is 45.6 cm³/mol. The third-order valence-electron chi connectivity index (χ3n) is 1.60. The van der Waals surface area contributed by atoms with Crippen molar-refractivity contribution in [3.63, 3.8) is 0 Å². The molecule has 64 valence electrons. The first-order chi connectivity index (χ1) is 5.09. The number of aliphatic carboxylic acids is 1. The van der Waals surface area contributed by atoms with Crippen LogP contribution in [0.1, 0.15) is 20.3 Å². The molecule has 0 aromatic rings. The standard InChI is InChI=1S/C8H13ClO2/c1-6(2)7(8(10)11)4-3-5-9/h3,5-7H,4H2,1-2H3,(H,10,11)/b5-3+. The summed E-state index contributed by atoms with van der Waals surface area (Å²) in [5, 5.41) is 8.69. The van der Waals surface area contributed by atoms with Crippen LogP contribution in [0.5, 0.6) is 0 Å². The van der Waals surface area contributed by atoms with E-state index in [-0.39, 0.29) is 11.8 Å². The van der Waals surface area contributed by atoms with Crippen LogP contribution >= 0.6 is 11.6 Å². The third kappa shape index (κ3) is 4.04. The average molecular weight is 177 g/mol. The van der Waals surface area contributed by atoms with Crippen LogP contribution in [0.4, 0.5) is 0 Å². The van der Waals surface area contributed by atoms with Crippen molar-refractivity contribution in [3.8, 4) is 0 Å². The monoisotopic (exact) mass is 176 g/mol. The van der Waals surface area contributed by atoms with Crippen LogP contribution in [0, 0.1) is 11.8 Å². The summed E-state index contributed by atoms with van der Waals surface area (Å²) in [5.41, 5.74) is 1.36. The normalized spacial score (nSPS) is 14.2. The van der Waals surface area contributed by atoms with Crippen molar-refractivity contribution in [3.05, 3.63) is 11.6 Å². The second-order valence-corrected chi connectivity index (χ2v) is 3.04. The summed E-state index contributed by atoms with van der Waals surface area (Å²) in [6, 6.07) is 0. The number of halogens is 1. The van der Waals surface area contributed by atoms with Crippen molar-refractivity contribution >= 4 is 17.6 Å². The molecule has 0 aromatic carbocycles. The highest BCUT2D eigenvalue weighted by molar-refractivity contribution is 6.25. The molecule has 0 radical (unpaired) electrons. The SMILES string of the molecule is CC(C)C(C/C=C/Cl)C(=O)O. The quantitative estimate of drug-likeness (QED) is 0.715. The fraction of sp³-hybridized carbons (Fsp3) is 0.625. The van der Waals surface area contributed by atoms with Crippen molar-refractivity contribution in [1.82, 2.24) is 0 Å². The first-order valence-electron chi connectivity index (χ1n) is 3.57. The van der Waals surface area contributed by atoms with Gasteiger partial charge in [-0.2, -0.15) is 0 Å². The molecule has 3 heteroatoms. The van der Waals surface area contributed by atoms with E-state index in [4.69, 9.17) is 16.7 Å². The summed E-state index contributed by atoms with van der Waals surface area (Å²) in [6.45, 7) is 3.78. The summed E-state index contributed by atoms with van der Waals surface area (Å²) in [5.74, 6) is -0.917. The minimum Gasteiger partial charge on any atom is -0.481 e. The zero-order valence-electron chi connectivity index (χ0n) is 6.75. The molecule has 1 unspecified atom stereocenters. The van der Waals surface area contributed by atoms with Crippen LogP contribution in [0.3, 0.4) is 0 Å². The molecule has 0 amide bonds. The number of carboxylic acid groups (broad SMARTS) is 1. The lowest BCUT2D eigenvalue weighted by atomic mass is 9.93. The van der Waals surface area contributed by atoms with E-state index >= 15 is 0 Å². The molecule has 0 fully saturated rings. The molecule has 1 N–H and O–H groups in total. The smallest absolute Gasteiger partial charge is 0.307 e. The molecule has 0 saturated carbocycles. The molecule has 0 aliphatic heterocycles. The molecule has 2 nitrogen and oxygen atoms in total. The van der Waals surface area contributed by atoms with Crippen LogP contribution in [0.2, 0.25) is 0 Å². The fourth-order valence-corrected chi connectivity index (χ4v) is 0.959. The molecule has 0 bridgehead atoms. The first kappa shape index (κ1) is 10.5. The average Bonchev–Trinajstić information content (AvgIpc) is 1.87. The summed E-state index contributed by atoms with van der Waals surface area (Å²) in [7, 11) is 0. The minimum absolute atomic E-state index is 0.153. The van der Waals surface area contributed by atoms with E-state index in [9.17, 15) is 4.79 Å². The van der Waals surface area contributed by atoms with Gasteiger partial charge in [0.2, 0.25) is 0 Å². The summed E-state index contributed by atoms with van der Waals surface area (Å²) < 4.78 is 0. The fourth-order valence-electron chi connectivity index (χ4n) is 0.856. The van der Waals surface area contributed by atoms with Crippen LogP contribution in [-0.2, 0) is 4.79 Å². The van der Waals surface area contributed by atoms with E-state index in [1.54, 1.807) is 6.08 Å². The lowest BCUT2D eigenvalue weighted by molar-refractivity contribution is -0.143. The van der Waals surface area contributed by atoms with Crippen molar-refractivity contribution in [2.24, 2.45) is 11.8 Å². The van der Waals surface area contributed by atoms with E-state index in [0.29, 0.717) is 6.42 Å². The molecule has 0 aromatic heterocycles. The van der Waals surface area contributed by atoms with Gasteiger partial charge in [-0.1, -0.05) is 31.5 Å². The Hall–Kier alpha value is -0.500. The van der Waals surface area contributed by atoms with Crippen molar-refractivity contribution in [2.75, 3.05) is 0 Å². The minimum atomic E-state index is -0.755. The van der Waals surface area contributed by atoms with Crippen LogP contribution in [-0.4, -0.2) is 11.1 Å². The van der Waals surface area contributed by atoms with Gasteiger partial charge >= 0.3 is 5.97 Å². The van der Waals surface area contributed by atoms with Gasteiger partial charge in [0.05, 0.1) is 5.92 Å². The van der Waals surface area contributed by atoms with E-state index in [1.807, 2.05) is 13.8 Å². The summed E-state index contributed by atoms with van der Waals surface area (Å²) in [6.07, 6.45) is 2.18. The molecule has 1 atom stereocenters. The maximum absolute atomic E-state index is 10.6. The summed E-state index contributed by atoms with van der Waals surface area (Å²) >= 11 is 5.28. The van der Waals surface area contributed by atoms with Gasteiger partial charge < -0.3 is 5.11 Å². The molecule has 0 rings (SSSR count). The highest BCUT2D eigenvalue weighted by Gasteiger charge is 2.19. The first-order valence-corrected chi connectivity index (χ1v) is 4.01. The lowest BCUT2D eigenvalue weighted by Crippen LogP contribution is -2.18. The Balaban J connectivity index is 4.00. The second kappa shape index (κ2) is 5.19. The van der Waals surface area contributed by atoms with Gasteiger partial charge in [-0.25, -0.2) is 0 Å². The van der Waals surface area contributed by atoms with Gasteiger partial charge in [0.25, 0.3) is 0 Å². The van der Waals surface area contributed by atoms with E-state index in [2.05, 4.69) is 0 Å². The van der Waals surface area contributed by atoms with Crippen molar-refractivity contribution < 1.29 is 9.90 Å². The van der Waals surface area contributed by atoms with Gasteiger partial charge in [0, 0.05) is 5.54 Å². The van der Waals surface area contributed by atoms with Crippen LogP contribution in [0.25, 0.3) is 0 Å². The Morgan fingerprint density at radius 3 is 2.45 bits per heavy atom. The predicted octanol–water partition coefficient (Wildman–Crippen LogP) is 2.49. The Morgan fingerprint density at radius 1 is 1.64 bits per heavy atom. The van der Waals surface area contributed by atoms with Gasteiger partial charge in [0.1, 0.15) is 0 Å². The lowest BCUT2D eigenvalue weighted by Gasteiger charge is -2.12. The molecular formula is C8H13ClO2. The number of hydrogen-bond acceptors (Lipinski definition) is 1.